The van der Waals surface area contributed by atoms with Crippen LogP contribution in [0.4, 0.5) is 0 Å². The van der Waals surface area contributed by atoms with E-state index in [2.05, 4.69) is 10.3 Å². The van der Waals surface area contributed by atoms with E-state index < -0.39 is 6.29 Å². The molecule has 1 aromatic rings. The lowest BCUT2D eigenvalue weighted by atomic mass is 10.5. The number of nitrogens with zero attached hydrogens (tertiary/aromatic N) is 1. The lowest BCUT2D eigenvalue weighted by Gasteiger charge is -2.13. The van der Waals surface area contributed by atoms with Crippen molar-refractivity contribution < 1.29 is 14.3 Å². The van der Waals surface area contributed by atoms with Gasteiger partial charge in [-0.25, -0.2) is 4.98 Å². The van der Waals surface area contributed by atoms with Gasteiger partial charge in [0.25, 0.3) is 5.91 Å². The molecule has 1 N–H and O–H groups in total. The maximum Gasteiger partial charge on any atom is 0.280 e. The van der Waals surface area contributed by atoms with Crippen molar-refractivity contribution in [2.24, 2.45) is 0 Å². The molecule has 0 unspecified atom stereocenters. The molecule has 0 aliphatic heterocycles. The van der Waals surface area contributed by atoms with Crippen molar-refractivity contribution >= 4 is 17.2 Å². The topological polar surface area (TPSA) is 60.5 Å². The smallest absolute Gasteiger partial charge is 0.280 e. The summed E-state index contributed by atoms with van der Waals surface area (Å²) in [6, 6.07) is 0. The van der Waals surface area contributed by atoms with Gasteiger partial charge < -0.3 is 14.8 Å². The first-order valence-electron chi connectivity index (χ1n) is 4.01. The van der Waals surface area contributed by atoms with Crippen LogP contribution in [0.5, 0.6) is 0 Å². The molecule has 0 fully saturated rings. The van der Waals surface area contributed by atoms with Gasteiger partial charge in [0.1, 0.15) is 0 Å². The Morgan fingerprint density at radius 1 is 1.64 bits per heavy atom. The Kier molecular flexibility index (Phi) is 4.51. The maximum absolute atomic E-state index is 11.4. The molecule has 0 atom stereocenters. The molecule has 0 spiro atoms. The van der Waals surface area contributed by atoms with Gasteiger partial charge in [-0.05, 0) is 0 Å². The van der Waals surface area contributed by atoms with E-state index >= 15 is 0 Å². The Labute approximate surface area is 86.1 Å². The number of methoxy groups -OCH3 is 2. The molecule has 1 aromatic heterocycles. The fourth-order valence-corrected chi connectivity index (χ4v) is 1.40. The molecular weight excluding hydrogens is 204 g/mol. The minimum Gasteiger partial charge on any atom is -0.354 e. The van der Waals surface area contributed by atoms with E-state index in [4.69, 9.17) is 9.47 Å². The van der Waals surface area contributed by atoms with Crippen LogP contribution in [0.3, 0.4) is 0 Å². The average molecular weight is 216 g/mol. The molecule has 78 valence electrons. The van der Waals surface area contributed by atoms with Gasteiger partial charge in [-0.3, -0.25) is 4.79 Å². The summed E-state index contributed by atoms with van der Waals surface area (Å²) in [5, 5.41) is 4.84. The van der Waals surface area contributed by atoms with Crippen LogP contribution in [0.1, 0.15) is 9.80 Å². The third-order valence-electron chi connectivity index (χ3n) is 1.58. The number of aromatic nitrogens is 1. The van der Waals surface area contributed by atoms with E-state index in [9.17, 15) is 4.79 Å². The molecule has 1 amide bonds. The number of hydrogen-bond donors (Lipinski definition) is 1. The Balaban J connectivity index is 2.35. The molecule has 14 heavy (non-hydrogen) atoms. The van der Waals surface area contributed by atoms with Crippen LogP contribution in [0.25, 0.3) is 0 Å². The molecule has 1 heterocycles. The van der Waals surface area contributed by atoms with Gasteiger partial charge in [0.2, 0.25) is 0 Å². The highest BCUT2D eigenvalue weighted by Crippen LogP contribution is 2.03. The Morgan fingerprint density at radius 2 is 2.36 bits per heavy atom. The van der Waals surface area contributed by atoms with Crippen molar-refractivity contribution in [3.63, 3.8) is 0 Å². The van der Waals surface area contributed by atoms with Gasteiger partial charge in [0.15, 0.2) is 11.3 Å². The Morgan fingerprint density at radius 3 is 2.86 bits per heavy atom. The zero-order chi connectivity index (χ0) is 10.4. The normalized spacial score (nSPS) is 10.5. The van der Waals surface area contributed by atoms with Crippen LogP contribution in [-0.2, 0) is 9.47 Å². The SMILES string of the molecule is COC(CNC(=O)c1nccs1)OC. The summed E-state index contributed by atoms with van der Waals surface area (Å²) in [4.78, 5) is 15.2. The molecule has 0 saturated heterocycles. The number of carbonyl (C=O) groups is 1. The fourth-order valence-electron chi connectivity index (χ4n) is 0.850. The van der Waals surface area contributed by atoms with E-state index in [0.29, 0.717) is 11.6 Å². The van der Waals surface area contributed by atoms with E-state index in [1.54, 1.807) is 11.6 Å². The molecular formula is C8H12N2O3S. The molecule has 6 heteroatoms. The number of rotatable bonds is 5. The van der Waals surface area contributed by atoms with Crippen LogP contribution in [0.2, 0.25) is 0 Å². The van der Waals surface area contributed by atoms with Gasteiger partial charge in [0.05, 0.1) is 6.54 Å². The standard InChI is InChI=1S/C8H12N2O3S/c1-12-6(13-2)5-10-7(11)8-9-3-4-14-8/h3-4,6H,5H2,1-2H3,(H,10,11). The molecule has 0 radical (unpaired) electrons. The zero-order valence-corrected chi connectivity index (χ0v) is 8.84. The van der Waals surface area contributed by atoms with Crippen LogP contribution < -0.4 is 5.32 Å². The molecule has 0 aromatic carbocycles. The molecule has 5 nitrogen and oxygen atoms in total. The van der Waals surface area contributed by atoms with Gasteiger partial charge in [-0.1, -0.05) is 0 Å². The summed E-state index contributed by atoms with van der Waals surface area (Å²) in [6.45, 7) is 0.311. The monoisotopic (exact) mass is 216 g/mol. The zero-order valence-electron chi connectivity index (χ0n) is 8.02. The van der Waals surface area contributed by atoms with E-state index in [1.165, 1.54) is 25.6 Å². The Bertz CT molecular complexity index is 272. The van der Waals surface area contributed by atoms with Crippen molar-refractivity contribution in [3.05, 3.63) is 16.6 Å². The summed E-state index contributed by atoms with van der Waals surface area (Å²) in [7, 11) is 3.04. The first-order valence-corrected chi connectivity index (χ1v) is 4.89. The van der Waals surface area contributed by atoms with Gasteiger partial charge >= 0.3 is 0 Å². The second kappa shape index (κ2) is 5.69. The minimum absolute atomic E-state index is 0.209. The van der Waals surface area contributed by atoms with Crippen molar-refractivity contribution in [2.75, 3.05) is 20.8 Å². The average Bonchev–Trinajstić information content (AvgIpc) is 2.72. The molecule has 0 aliphatic rings. The minimum atomic E-state index is -0.418. The maximum atomic E-state index is 11.4. The predicted octanol–water partition coefficient (Wildman–Crippen LogP) is 0.492. The van der Waals surface area contributed by atoms with Gasteiger partial charge in [-0.2, -0.15) is 0 Å². The van der Waals surface area contributed by atoms with Crippen LogP contribution in [-0.4, -0.2) is 37.9 Å². The number of amides is 1. The van der Waals surface area contributed by atoms with Crippen molar-refractivity contribution in [2.45, 2.75) is 6.29 Å². The lowest BCUT2D eigenvalue weighted by molar-refractivity contribution is -0.0974. The number of thiazole rings is 1. The van der Waals surface area contributed by atoms with Crippen molar-refractivity contribution in [1.29, 1.82) is 0 Å². The van der Waals surface area contributed by atoms with Crippen LogP contribution in [0, 0.1) is 0 Å². The third-order valence-corrected chi connectivity index (χ3v) is 2.35. The van der Waals surface area contributed by atoms with Gasteiger partial charge in [-0.15, -0.1) is 11.3 Å². The first-order chi connectivity index (χ1) is 6.77. The summed E-state index contributed by atoms with van der Waals surface area (Å²) in [5.41, 5.74) is 0. The number of ether oxygens (including phenoxy) is 2. The summed E-state index contributed by atoms with van der Waals surface area (Å²) in [6.07, 6.45) is 1.17. The van der Waals surface area contributed by atoms with E-state index in [-0.39, 0.29) is 5.91 Å². The number of nitrogens with one attached hydrogen (secondary N) is 1. The highest BCUT2D eigenvalue weighted by molar-refractivity contribution is 7.11. The van der Waals surface area contributed by atoms with Gasteiger partial charge in [0, 0.05) is 25.8 Å². The van der Waals surface area contributed by atoms with Crippen molar-refractivity contribution in [3.8, 4) is 0 Å². The molecule has 0 saturated carbocycles. The third kappa shape index (κ3) is 3.06. The largest absolute Gasteiger partial charge is 0.354 e. The van der Waals surface area contributed by atoms with Crippen LogP contribution in [0.15, 0.2) is 11.6 Å². The fraction of sp³-hybridized carbons (Fsp3) is 0.500. The second-order valence-electron chi connectivity index (χ2n) is 2.45. The highest BCUT2D eigenvalue weighted by Gasteiger charge is 2.10. The van der Waals surface area contributed by atoms with E-state index in [1.807, 2.05) is 0 Å². The Hall–Kier alpha value is -0.980. The summed E-state index contributed by atoms with van der Waals surface area (Å²) >= 11 is 1.29. The quantitative estimate of drug-likeness (QED) is 0.728. The van der Waals surface area contributed by atoms with Crippen molar-refractivity contribution in [1.82, 2.24) is 10.3 Å². The predicted molar refractivity (Wildman–Crippen MR) is 52.3 cm³/mol. The highest BCUT2D eigenvalue weighted by atomic mass is 32.1. The number of carbonyl (C=O) groups excluding carboxylic acids is 1. The summed E-state index contributed by atoms with van der Waals surface area (Å²) < 4.78 is 9.83. The molecule has 0 bridgehead atoms. The molecule has 1 rings (SSSR count). The summed E-state index contributed by atoms with van der Waals surface area (Å²) in [5.74, 6) is -0.209. The van der Waals surface area contributed by atoms with E-state index in [0.717, 1.165) is 0 Å². The van der Waals surface area contributed by atoms with Crippen LogP contribution >= 0.6 is 11.3 Å². The number of hydrogen-bond acceptors (Lipinski definition) is 5. The molecule has 0 aliphatic carbocycles. The second-order valence-corrected chi connectivity index (χ2v) is 3.34. The first kappa shape index (κ1) is 11.1. The lowest BCUT2D eigenvalue weighted by Crippen LogP contribution is -2.34.